The predicted octanol–water partition coefficient (Wildman–Crippen LogP) is 2.02. The fraction of sp³-hybridized carbons (Fsp3) is 0.476. The molecule has 1 saturated heterocycles. The zero-order valence-electron chi connectivity index (χ0n) is 17.2. The molecule has 1 aromatic carbocycles. The number of nitrogens with two attached hydrogens (primary N) is 1. The number of hydrogen-bond acceptors (Lipinski definition) is 5. The van der Waals surface area contributed by atoms with Crippen LogP contribution < -0.4 is 15.8 Å². The second kappa shape index (κ2) is 8.55. The molecule has 3 N–H and O–H groups in total. The number of piperidine rings is 1. The molecular weight excluding hydrogens is 370 g/mol. The van der Waals surface area contributed by atoms with Crippen LogP contribution in [-0.2, 0) is 10.3 Å². The van der Waals surface area contributed by atoms with E-state index in [2.05, 4.69) is 10.4 Å². The summed E-state index contributed by atoms with van der Waals surface area (Å²) in [5, 5.41) is 7.25. The van der Waals surface area contributed by atoms with E-state index in [1.54, 1.807) is 36.9 Å². The number of amides is 2. The number of hydrogen-bond donors (Lipinski definition) is 2. The molecule has 0 atom stereocenters. The van der Waals surface area contributed by atoms with E-state index in [1.165, 1.54) is 6.20 Å². The topological polar surface area (TPSA) is 102 Å². The number of rotatable bonds is 6. The molecule has 2 amide bonds. The molecule has 0 bridgehead atoms. The SMILES string of the molecule is CCOc1ccc(C(=O)N2CCC(NC(=O)C(C)(C)n3cc(N)cn3)CC2)cc1. The number of carbonyl (C=O) groups excluding carboxylic acids is 2. The summed E-state index contributed by atoms with van der Waals surface area (Å²) in [6.07, 6.45) is 4.61. The second-order valence-electron chi connectivity index (χ2n) is 7.77. The molecule has 0 aliphatic carbocycles. The van der Waals surface area contributed by atoms with Gasteiger partial charge in [0.25, 0.3) is 5.91 Å². The lowest BCUT2D eigenvalue weighted by Gasteiger charge is -2.34. The van der Waals surface area contributed by atoms with Gasteiger partial charge in [-0.05, 0) is 57.9 Å². The van der Waals surface area contributed by atoms with E-state index in [0.29, 0.717) is 43.8 Å². The summed E-state index contributed by atoms with van der Waals surface area (Å²) in [7, 11) is 0. The van der Waals surface area contributed by atoms with Gasteiger partial charge >= 0.3 is 0 Å². The first-order chi connectivity index (χ1) is 13.8. The third kappa shape index (κ3) is 4.70. The van der Waals surface area contributed by atoms with Crippen LogP contribution in [0.4, 0.5) is 5.69 Å². The van der Waals surface area contributed by atoms with Gasteiger partial charge in [0.2, 0.25) is 5.91 Å². The Bertz CT molecular complexity index is 851. The normalized spacial score (nSPS) is 15.2. The number of likely N-dealkylation sites (tertiary alicyclic amines) is 1. The van der Waals surface area contributed by atoms with Gasteiger partial charge in [0.15, 0.2) is 0 Å². The number of nitrogens with zero attached hydrogens (tertiary/aromatic N) is 3. The van der Waals surface area contributed by atoms with Crippen molar-refractivity contribution in [3.8, 4) is 5.75 Å². The Labute approximate surface area is 171 Å². The van der Waals surface area contributed by atoms with Gasteiger partial charge in [-0.1, -0.05) is 0 Å². The van der Waals surface area contributed by atoms with E-state index in [4.69, 9.17) is 10.5 Å². The molecule has 156 valence electrons. The Morgan fingerprint density at radius 3 is 2.45 bits per heavy atom. The smallest absolute Gasteiger partial charge is 0.253 e. The van der Waals surface area contributed by atoms with Crippen molar-refractivity contribution in [2.24, 2.45) is 0 Å². The highest BCUT2D eigenvalue weighted by Crippen LogP contribution is 2.20. The predicted molar refractivity (Wildman–Crippen MR) is 111 cm³/mol. The lowest BCUT2D eigenvalue weighted by atomic mass is 10.00. The van der Waals surface area contributed by atoms with Crippen molar-refractivity contribution >= 4 is 17.5 Å². The Kier molecular flexibility index (Phi) is 6.10. The summed E-state index contributed by atoms with van der Waals surface area (Å²) in [5.74, 6) is 0.647. The first-order valence-corrected chi connectivity index (χ1v) is 9.95. The number of benzene rings is 1. The van der Waals surface area contributed by atoms with Crippen molar-refractivity contribution in [2.75, 3.05) is 25.4 Å². The maximum atomic E-state index is 12.8. The van der Waals surface area contributed by atoms with Gasteiger partial charge < -0.3 is 20.7 Å². The van der Waals surface area contributed by atoms with E-state index in [1.807, 2.05) is 24.0 Å². The van der Waals surface area contributed by atoms with Crippen molar-refractivity contribution in [1.82, 2.24) is 20.0 Å². The molecular formula is C21H29N5O3. The third-order valence-electron chi connectivity index (χ3n) is 5.26. The number of nitrogens with one attached hydrogen (secondary N) is 1. The van der Waals surface area contributed by atoms with Crippen molar-refractivity contribution in [2.45, 2.75) is 45.2 Å². The van der Waals surface area contributed by atoms with E-state index in [9.17, 15) is 9.59 Å². The largest absolute Gasteiger partial charge is 0.494 e. The average molecular weight is 399 g/mol. The van der Waals surface area contributed by atoms with E-state index in [-0.39, 0.29) is 17.9 Å². The minimum absolute atomic E-state index is 0.00479. The lowest BCUT2D eigenvalue weighted by Crippen LogP contribution is -2.52. The molecule has 29 heavy (non-hydrogen) atoms. The van der Waals surface area contributed by atoms with Crippen LogP contribution in [0.1, 0.15) is 44.0 Å². The zero-order valence-corrected chi connectivity index (χ0v) is 17.2. The summed E-state index contributed by atoms with van der Waals surface area (Å²) < 4.78 is 6.99. The van der Waals surface area contributed by atoms with Crippen molar-refractivity contribution < 1.29 is 14.3 Å². The van der Waals surface area contributed by atoms with Gasteiger partial charge in [0.05, 0.1) is 18.5 Å². The summed E-state index contributed by atoms with van der Waals surface area (Å²) in [6, 6.07) is 7.24. The number of anilines is 1. The molecule has 1 aliphatic heterocycles. The molecule has 0 radical (unpaired) electrons. The molecule has 1 aromatic heterocycles. The number of nitrogen functional groups attached to an aromatic ring is 1. The molecule has 0 spiro atoms. The Balaban J connectivity index is 1.53. The first kappa shape index (κ1) is 20.7. The highest BCUT2D eigenvalue weighted by molar-refractivity contribution is 5.94. The molecule has 0 unspecified atom stereocenters. The molecule has 8 heteroatoms. The van der Waals surface area contributed by atoms with Crippen LogP contribution in [0.2, 0.25) is 0 Å². The third-order valence-corrected chi connectivity index (χ3v) is 5.26. The van der Waals surface area contributed by atoms with Gasteiger partial charge in [0, 0.05) is 30.9 Å². The minimum Gasteiger partial charge on any atom is -0.494 e. The number of aromatic nitrogens is 2. The number of ether oxygens (including phenoxy) is 1. The molecule has 0 saturated carbocycles. The lowest BCUT2D eigenvalue weighted by molar-refractivity contribution is -0.129. The quantitative estimate of drug-likeness (QED) is 0.774. The highest BCUT2D eigenvalue weighted by atomic mass is 16.5. The van der Waals surface area contributed by atoms with Crippen molar-refractivity contribution in [3.05, 3.63) is 42.2 Å². The Hall–Kier alpha value is -3.03. The molecule has 1 fully saturated rings. The van der Waals surface area contributed by atoms with E-state index < -0.39 is 5.54 Å². The number of carbonyl (C=O) groups is 2. The summed E-state index contributed by atoms with van der Waals surface area (Å²) in [4.78, 5) is 27.3. The van der Waals surface area contributed by atoms with Gasteiger partial charge in [-0.3, -0.25) is 14.3 Å². The van der Waals surface area contributed by atoms with E-state index in [0.717, 1.165) is 5.75 Å². The highest BCUT2D eigenvalue weighted by Gasteiger charge is 2.33. The Morgan fingerprint density at radius 1 is 1.24 bits per heavy atom. The van der Waals surface area contributed by atoms with Gasteiger partial charge in [-0.2, -0.15) is 5.10 Å². The van der Waals surface area contributed by atoms with E-state index >= 15 is 0 Å². The van der Waals surface area contributed by atoms with Gasteiger partial charge in [-0.15, -0.1) is 0 Å². The minimum atomic E-state index is -0.840. The van der Waals surface area contributed by atoms with Crippen LogP contribution in [0.3, 0.4) is 0 Å². The monoisotopic (exact) mass is 399 g/mol. The maximum Gasteiger partial charge on any atom is 0.253 e. The van der Waals surface area contributed by atoms with Crippen LogP contribution in [-0.4, -0.2) is 52.2 Å². The second-order valence-corrected chi connectivity index (χ2v) is 7.77. The molecule has 3 rings (SSSR count). The van der Waals surface area contributed by atoms with Crippen molar-refractivity contribution in [3.63, 3.8) is 0 Å². The fourth-order valence-corrected chi connectivity index (χ4v) is 3.38. The molecule has 8 nitrogen and oxygen atoms in total. The molecule has 2 aromatic rings. The zero-order chi connectivity index (χ0) is 21.0. The van der Waals surface area contributed by atoms with Crippen LogP contribution in [0.5, 0.6) is 5.75 Å². The first-order valence-electron chi connectivity index (χ1n) is 9.95. The summed E-state index contributed by atoms with van der Waals surface area (Å²) in [6.45, 7) is 7.34. The Morgan fingerprint density at radius 2 is 1.90 bits per heavy atom. The fourth-order valence-electron chi connectivity index (χ4n) is 3.38. The summed E-state index contributed by atoms with van der Waals surface area (Å²) in [5.41, 5.74) is 6.04. The van der Waals surface area contributed by atoms with Crippen LogP contribution in [0.15, 0.2) is 36.7 Å². The molecule has 1 aliphatic rings. The average Bonchev–Trinajstić information content (AvgIpc) is 3.16. The van der Waals surface area contributed by atoms with Gasteiger partial charge in [-0.25, -0.2) is 0 Å². The standard InChI is InChI=1S/C21H29N5O3/c1-4-29-18-7-5-15(6-8-18)19(27)25-11-9-17(10-12-25)24-20(28)21(2,3)26-14-16(22)13-23-26/h5-8,13-14,17H,4,9-12,22H2,1-3H3,(H,24,28). The molecule has 2 heterocycles. The van der Waals surface area contributed by atoms with Crippen LogP contribution >= 0.6 is 0 Å². The maximum absolute atomic E-state index is 12.8. The summed E-state index contributed by atoms with van der Waals surface area (Å²) >= 11 is 0. The van der Waals surface area contributed by atoms with Crippen LogP contribution in [0, 0.1) is 0 Å². The van der Waals surface area contributed by atoms with Crippen LogP contribution in [0.25, 0.3) is 0 Å². The van der Waals surface area contributed by atoms with Gasteiger partial charge in [0.1, 0.15) is 11.3 Å². The van der Waals surface area contributed by atoms with Crippen molar-refractivity contribution in [1.29, 1.82) is 0 Å².